The van der Waals surface area contributed by atoms with Crippen LogP contribution in [0.1, 0.15) is 27.7 Å². The van der Waals surface area contributed by atoms with Gasteiger partial charge in [-0.15, -0.1) is 0 Å². The van der Waals surface area contributed by atoms with Crippen LogP contribution in [0.3, 0.4) is 0 Å². The molecule has 0 bridgehead atoms. The zero-order valence-electron chi connectivity index (χ0n) is 18.5. The molecule has 3 aromatic carbocycles. The molecule has 5 rings (SSSR count). The van der Waals surface area contributed by atoms with Crippen LogP contribution in [0.15, 0.2) is 65.5 Å². The van der Waals surface area contributed by atoms with Crippen LogP contribution >= 0.6 is 0 Å². The van der Waals surface area contributed by atoms with Crippen LogP contribution in [0.25, 0.3) is 10.8 Å². The molecule has 6 nitrogen and oxygen atoms in total. The summed E-state index contributed by atoms with van der Waals surface area (Å²) in [6.45, 7) is 0.157. The Labute approximate surface area is 197 Å². The van der Waals surface area contributed by atoms with Crippen molar-refractivity contribution in [3.05, 3.63) is 105 Å². The first kappa shape index (κ1) is 22.7. The number of carbonyl (C=O) groups excluding carboxylic acids is 1. The summed E-state index contributed by atoms with van der Waals surface area (Å²) >= 11 is 0. The number of aromatic amines is 1. The summed E-state index contributed by atoms with van der Waals surface area (Å²) in [4.78, 5) is 29.9. The van der Waals surface area contributed by atoms with Crippen LogP contribution in [0, 0.1) is 17.5 Å². The van der Waals surface area contributed by atoms with Crippen molar-refractivity contribution in [1.29, 1.82) is 0 Å². The van der Waals surface area contributed by atoms with E-state index in [1.54, 1.807) is 31.3 Å². The molecule has 1 unspecified atom stereocenters. The molecule has 9 heteroatoms. The number of carbonyl (C=O) groups is 1. The number of amides is 1. The van der Waals surface area contributed by atoms with Gasteiger partial charge in [-0.05, 0) is 47.9 Å². The first-order chi connectivity index (χ1) is 16.8. The van der Waals surface area contributed by atoms with Gasteiger partial charge in [0.2, 0.25) is 0 Å². The number of aromatic nitrogens is 1. The molecule has 1 atom stereocenters. The van der Waals surface area contributed by atoms with Crippen molar-refractivity contribution in [2.45, 2.75) is 12.6 Å². The van der Waals surface area contributed by atoms with E-state index in [0.717, 1.165) is 12.1 Å². The van der Waals surface area contributed by atoms with Gasteiger partial charge in [0.25, 0.3) is 11.5 Å². The number of rotatable bonds is 4. The number of fused-ring (bicyclic) bond motifs is 3. The fraction of sp³-hybridized carbons (Fsp3) is 0.154. The monoisotopic (exact) mass is 480 g/mol. The number of hydrogen-bond donors (Lipinski definition) is 1. The van der Waals surface area contributed by atoms with Crippen molar-refractivity contribution in [1.82, 2.24) is 9.88 Å². The van der Waals surface area contributed by atoms with Crippen molar-refractivity contribution >= 4 is 16.7 Å². The standard InChI is InChI=1S/C26H19F3N2O4/c1-31(26(33)14-4-2-6-16(8-14)35-17-7-3-5-15(27)9-17)23-13-34-12-22-24(23)18-10-20(28)21(29)11-19(18)25(32)30-22/h2-11,23H,12-13H2,1H3,(H,30,32). The summed E-state index contributed by atoms with van der Waals surface area (Å²) in [7, 11) is 1.56. The lowest BCUT2D eigenvalue weighted by molar-refractivity contribution is 0.0335. The first-order valence-electron chi connectivity index (χ1n) is 10.7. The van der Waals surface area contributed by atoms with Gasteiger partial charge in [0.15, 0.2) is 11.6 Å². The van der Waals surface area contributed by atoms with E-state index in [9.17, 15) is 22.8 Å². The largest absolute Gasteiger partial charge is 0.457 e. The number of nitrogens with one attached hydrogen (secondary N) is 1. The van der Waals surface area contributed by atoms with Crippen LogP contribution in [0.2, 0.25) is 0 Å². The average Bonchev–Trinajstić information content (AvgIpc) is 2.84. The molecule has 1 aliphatic rings. The molecule has 1 N–H and O–H groups in total. The third kappa shape index (κ3) is 4.26. The maximum atomic E-state index is 14.1. The number of hydrogen-bond acceptors (Lipinski definition) is 4. The maximum absolute atomic E-state index is 14.1. The molecule has 2 heterocycles. The fourth-order valence-corrected chi connectivity index (χ4v) is 4.25. The minimum atomic E-state index is -1.13. The summed E-state index contributed by atoms with van der Waals surface area (Å²) in [5.74, 6) is -2.45. The lowest BCUT2D eigenvalue weighted by Gasteiger charge is -2.34. The molecule has 1 amide bonds. The van der Waals surface area contributed by atoms with Gasteiger partial charge in [0.1, 0.15) is 17.3 Å². The van der Waals surface area contributed by atoms with E-state index in [2.05, 4.69) is 4.98 Å². The third-order valence-electron chi connectivity index (χ3n) is 5.94. The summed E-state index contributed by atoms with van der Waals surface area (Å²) in [5, 5.41) is 0.208. The maximum Gasteiger partial charge on any atom is 0.256 e. The number of ether oxygens (including phenoxy) is 2. The second-order valence-electron chi connectivity index (χ2n) is 8.19. The van der Waals surface area contributed by atoms with Gasteiger partial charge in [0, 0.05) is 29.9 Å². The number of pyridine rings is 1. The van der Waals surface area contributed by atoms with E-state index in [4.69, 9.17) is 9.47 Å². The van der Waals surface area contributed by atoms with Gasteiger partial charge in [-0.3, -0.25) is 9.59 Å². The number of nitrogens with zero attached hydrogens (tertiary/aromatic N) is 1. The van der Waals surface area contributed by atoms with Crippen molar-refractivity contribution in [3.63, 3.8) is 0 Å². The number of H-pyrrole nitrogens is 1. The van der Waals surface area contributed by atoms with Crippen molar-refractivity contribution in [2.75, 3.05) is 13.7 Å². The van der Waals surface area contributed by atoms with E-state index in [0.29, 0.717) is 22.6 Å². The predicted molar refractivity (Wildman–Crippen MR) is 122 cm³/mol. The summed E-state index contributed by atoms with van der Waals surface area (Å²) < 4.78 is 52.7. The average molecular weight is 480 g/mol. The van der Waals surface area contributed by atoms with Crippen LogP contribution in [0.5, 0.6) is 11.5 Å². The number of benzene rings is 3. The van der Waals surface area contributed by atoms with E-state index in [1.165, 1.54) is 29.2 Å². The van der Waals surface area contributed by atoms with E-state index >= 15 is 0 Å². The number of halogens is 3. The highest BCUT2D eigenvalue weighted by molar-refractivity contribution is 5.95. The first-order valence-corrected chi connectivity index (χ1v) is 10.7. The highest BCUT2D eigenvalue weighted by Gasteiger charge is 2.31. The topological polar surface area (TPSA) is 71.6 Å². The Balaban J connectivity index is 1.50. The Hall–Kier alpha value is -4.11. The second-order valence-corrected chi connectivity index (χ2v) is 8.19. The molecule has 0 spiro atoms. The molecule has 0 radical (unpaired) electrons. The molecule has 35 heavy (non-hydrogen) atoms. The Morgan fingerprint density at radius 3 is 2.43 bits per heavy atom. The zero-order valence-corrected chi connectivity index (χ0v) is 18.5. The number of likely N-dealkylation sites (N-methyl/N-ethyl adjacent to an activating group) is 1. The molecular weight excluding hydrogens is 461 g/mol. The molecule has 0 fully saturated rings. The third-order valence-corrected chi connectivity index (χ3v) is 5.94. The van der Waals surface area contributed by atoms with Gasteiger partial charge in [0.05, 0.1) is 24.6 Å². The van der Waals surface area contributed by atoms with Crippen LogP contribution in [0.4, 0.5) is 13.2 Å². The normalized spacial score (nSPS) is 15.0. The summed E-state index contributed by atoms with van der Waals surface area (Å²) in [5.41, 5.74) is 0.609. The lowest BCUT2D eigenvalue weighted by atomic mass is 9.95. The molecule has 0 aliphatic carbocycles. The Morgan fingerprint density at radius 1 is 1.00 bits per heavy atom. The fourth-order valence-electron chi connectivity index (χ4n) is 4.25. The second kappa shape index (κ2) is 8.92. The SMILES string of the molecule is CN(C(=O)c1cccc(Oc2cccc(F)c2)c1)C1COCc2[nH]c(=O)c3cc(F)c(F)cc3c21. The molecule has 1 aromatic heterocycles. The van der Waals surface area contributed by atoms with E-state index in [1.807, 2.05) is 0 Å². The van der Waals surface area contributed by atoms with Crippen molar-refractivity contribution in [3.8, 4) is 11.5 Å². The highest BCUT2D eigenvalue weighted by Crippen LogP contribution is 2.34. The lowest BCUT2D eigenvalue weighted by Crippen LogP contribution is -2.37. The molecular formula is C26H19F3N2O4. The molecule has 178 valence electrons. The van der Waals surface area contributed by atoms with Crippen molar-refractivity contribution < 1.29 is 27.4 Å². The Kier molecular flexibility index (Phi) is 5.78. The Morgan fingerprint density at radius 2 is 1.69 bits per heavy atom. The summed E-state index contributed by atoms with van der Waals surface area (Å²) in [6.07, 6.45) is 0. The van der Waals surface area contributed by atoms with E-state index in [-0.39, 0.29) is 29.7 Å². The molecule has 0 saturated heterocycles. The minimum absolute atomic E-state index is 0.0131. The molecule has 4 aromatic rings. The van der Waals surface area contributed by atoms with Crippen LogP contribution < -0.4 is 10.3 Å². The van der Waals surface area contributed by atoms with Gasteiger partial charge >= 0.3 is 0 Å². The zero-order chi connectivity index (χ0) is 24.7. The summed E-state index contributed by atoms with van der Waals surface area (Å²) in [6, 6.07) is 13.2. The van der Waals surface area contributed by atoms with Gasteiger partial charge < -0.3 is 19.4 Å². The highest BCUT2D eigenvalue weighted by atomic mass is 19.2. The quantitative estimate of drug-likeness (QED) is 0.442. The minimum Gasteiger partial charge on any atom is -0.457 e. The smallest absolute Gasteiger partial charge is 0.256 e. The van der Waals surface area contributed by atoms with Gasteiger partial charge in [-0.25, -0.2) is 13.2 Å². The van der Waals surface area contributed by atoms with Gasteiger partial charge in [-0.2, -0.15) is 0 Å². The Bertz CT molecular complexity index is 1520. The van der Waals surface area contributed by atoms with Crippen molar-refractivity contribution in [2.24, 2.45) is 0 Å². The molecule has 1 aliphatic heterocycles. The molecule has 0 saturated carbocycles. The van der Waals surface area contributed by atoms with E-state index < -0.39 is 35.0 Å². The van der Waals surface area contributed by atoms with Gasteiger partial charge in [-0.1, -0.05) is 12.1 Å². The predicted octanol–water partition coefficient (Wildman–Crippen LogP) is 5.08. The van der Waals surface area contributed by atoms with Crippen LogP contribution in [-0.4, -0.2) is 29.4 Å². The van der Waals surface area contributed by atoms with Crippen LogP contribution in [-0.2, 0) is 11.3 Å².